The molecular formula is C17H27N3O. The topological polar surface area (TPSA) is 67.2 Å². The highest BCUT2D eigenvalue weighted by molar-refractivity contribution is 5.96. The Balaban J connectivity index is 1.92. The van der Waals surface area contributed by atoms with Gasteiger partial charge < -0.3 is 16.4 Å². The molecule has 1 fully saturated rings. The predicted octanol–water partition coefficient (Wildman–Crippen LogP) is 3.26. The number of anilines is 2. The lowest BCUT2D eigenvalue weighted by atomic mass is 9.81. The molecule has 0 bridgehead atoms. The van der Waals surface area contributed by atoms with Crippen molar-refractivity contribution >= 4 is 17.3 Å². The van der Waals surface area contributed by atoms with Crippen LogP contribution in [0.25, 0.3) is 0 Å². The van der Waals surface area contributed by atoms with E-state index in [-0.39, 0.29) is 5.91 Å². The molecule has 0 aliphatic heterocycles. The predicted molar refractivity (Wildman–Crippen MR) is 88.5 cm³/mol. The maximum atomic E-state index is 11.7. The molecule has 0 unspecified atom stereocenters. The van der Waals surface area contributed by atoms with E-state index >= 15 is 0 Å². The number of nitrogens with two attached hydrogens (primary N) is 1. The second-order valence-corrected chi connectivity index (χ2v) is 6.06. The highest BCUT2D eigenvalue weighted by atomic mass is 16.1. The molecule has 4 nitrogen and oxygen atoms in total. The molecule has 1 saturated carbocycles. The number of carbonyl (C=O) groups excluding carboxylic acids is 1. The van der Waals surface area contributed by atoms with E-state index in [1.165, 1.54) is 32.1 Å². The van der Waals surface area contributed by atoms with Gasteiger partial charge in [-0.1, -0.05) is 26.2 Å². The van der Waals surface area contributed by atoms with E-state index in [9.17, 15) is 4.79 Å². The summed E-state index contributed by atoms with van der Waals surface area (Å²) in [4.78, 5) is 11.7. The zero-order valence-electron chi connectivity index (χ0n) is 13.1. The molecule has 116 valence electrons. The van der Waals surface area contributed by atoms with E-state index in [1.807, 2.05) is 6.07 Å². The standard InChI is InChI=1S/C17H27N3O/c1-3-12-4-6-13(7-5-12)11-20-16-10-14(17(21)19-2)8-9-15(16)18/h8-10,12-13,20H,3-7,11,18H2,1-2H3,(H,19,21). The van der Waals surface area contributed by atoms with Gasteiger partial charge in [-0.25, -0.2) is 0 Å². The van der Waals surface area contributed by atoms with Crippen molar-refractivity contribution in [1.29, 1.82) is 0 Å². The molecule has 1 amide bonds. The summed E-state index contributed by atoms with van der Waals surface area (Å²) in [5.41, 5.74) is 8.21. The number of nitrogen functional groups attached to an aromatic ring is 1. The van der Waals surface area contributed by atoms with Gasteiger partial charge in [-0.3, -0.25) is 4.79 Å². The van der Waals surface area contributed by atoms with Crippen LogP contribution in [0, 0.1) is 11.8 Å². The summed E-state index contributed by atoms with van der Waals surface area (Å²) >= 11 is 0. The van der Waals surface area contributed by atoms with Crippen LogP contribution in [-0.4, -0.2) is 19.5 Å². The van der Waals surface area contributed by atoms with Crippen molar-refractivity contribution in [2.75, 3.05) is 24.6 Å². The molecule has 21 heavy (non-hydrogen) atoms. The van der Waals surface area contributed by atoms with Crippen LogP contribution in [0.1, 0.15) is 49.4 Å². The molecule has 0 aromatic heterocycles. The highest BCUT2D eigenvalue weighted by Gasteiger charge is 2.20. The lowest BCUT2D eigenvalue weighted by molar-refractivity contribution is 0.0963. The Labute approximate surface area is 127 Å². The van der Waals surface area contributed by atoms with Crippen molar-refractivity contribution in [2.45, 2.75) is 39.0 Å². The van der Waals surface area contributed by atoms with E-state index in [0.29, 0.717) is 11.3 Å². The third kappa shape index (κ3) is 4.13. The molecular weight excluding hydrogens is 262 g/mol. The Morgan fingerprint density at radius 2 is 1.90 bits per heavy atom. The Morgan fingerprint density at radius 1 is 1.24 bits per heavy atom. The van der Waals surface area contributed by atoms with Gasteiger partial charge in [0.1, 0.15) is 0 Å². The molecule has 4 N–H and O–H groups in total. The largest absolute Gasteiger partial charge is 0.397 e. The molecule has 1 aromatic rings. The normalized spacial score (nSPS) is 21.8. The van der Waals surface area contributed by atoms with Gasteiger partial charge >= 0.3 is 0 Å². The number of benzene rings is 1. The average Bonchev–Trinajstić information content (AvgIpc) is 2.53. The third-order valence-electron chi connectivity index (χ3n) is 4.67. The van der Waals surface area contributed by atoms with Gasteiger partial charge in [0.2, 0.25) is 0 Å². The Hall–Kier alpha value is -1.71. The molecule has 0 radical (unpaired) electrons. The van der Waals surface area contributed by atoms with Crippen molar-refractivity contribution < 1.29 is 4.79 Å². The zero-order chi connectivity index (χ0) is 15.2. The minimum atomic E-state index is -0.0819. The smallest absolute Gasteiger partial charge is 0.251 e. The fourth-order valence-corrected chi connectivity index (χ4v) is 3.09. The van der Waals surface area contributed by atoms with Gasteiger partial charge in [0, 0.05) is 19.2 Å². The van der Waals surface area contributed by atoms with Gasteiger partial charge in [-0.15, -0.1) is 0 Å². The van der Waals surface area contributed by atoms with Crippen LogP contribution >= 0.6 is 0 Å². The number of hydrogen-bond acceptors (Lipinski definition) is 3. The summed E-state index contributed by atoms with van der Waals surface area (Å²) in [7, 11) is 1.64. The Kier molecular flexibility index (Phi) is 5.48. The van der Waals surface area contributed by atoms with E-state index in [1.54, 1.807) is 19.2 Å². The average molecular weight is 289 g/mol. The monoisotopic (exact) mass is 289 g/mol. The summed E-state index contributed by atoms with van der Waals surface area (Å²) in [6.07, 6.45) is 6.58. The van der Waals surface area contributed by atoms with Crippen LogP contribution in [0.2, 0.25) is 0 Å². The van der Waals surface area contributed by atoms with Crippen LogP contribution in [-0.2, 0) is 0 Å². The zero-order valence-corrected chi connectivity index (χ0v) is 13.1. The Morgan fingerprint density at radius 3 is 2.52 bits per heavy atom. The summed E-state index contributed by atoms with van der Waals surface area (Å²) < 4.78 is 0. The van der Waals surface area contributed by atoms with Gasteiger partial charge in [0.05, 0.1) is 11.4 Å². The third-order valence-corrected chi connectivity index (χ3v) is 4.67. The highest BCUT2D eigenvalue weighted by Crippen LogP contribution is 2.31. The minimum Gasteiger partial charge on any atom is -0.397 e. The van der Waals surface area contributed by atoms with Crippen molar-refractivity contribution in [2.24, 2.45) is 11.8 Å². The van der Waals surface area contributed by atoms with E-state index < -0.39 is 0 Å². The van der Waals surface area contributed by atoms with Crippen LogP contribution in [0.5, 0.6) is 0 Å². The molecule has 0 saturated heterocycles. The van der Waals surface area contributed by atoms with Gasteiger partial charge in [0.25, 0.3) is 5.91 Å². The first-order chi connectivity index (χ1) is 10.1. The van der Waals surface area contributed by atoms with E-state index in [0.717, 1.165) is 24.1 Å². The number of rotatable bonds is 5. The van der Waals surface area contributed by atoms with Crippen molar-refractivity contribution in [3.63, 3.8) is 0 Å². The lowest BCUT2D eigenvalue weighted by Crippen LogP contribution is -2.22. The van der Waals surface area contributed by atoms with Crippen molar-refractivity contribution in [3.8, 4) is 0 Å². The van der Waals surface area contributed by atoms with Crippen molar-refractivity contribution in [1.82, 2.24) is 5.32 Å². The molecule has 1 aromatic carbocycles. The maximum Gasteiger partial charge on any atom is 0.251 e. The first-order valence-electron chi connectivity index (χ1n) is 7.99. The summed E-state index contributed by atoms with van der Waals surface area (Å²) in [5.74, 6) is 1.56. The van der Waals surface area contributed by atoms with Gasteiger partial charge in [-0.2, -0.15) is 0 Å². The fourth-order valence-electron chi connectivity index (χ4n) is 3.09. The van der Waals surface area contributed by atoms with Crippen molar-refractivity contribution in [3.05, 3.63) is 23.8 Å². The molecule has 1 aliphatic rings. The summed E-state index contributed by atoms with van der Waals surface area (Å²) in [6.45, 7) is 3.23. The van der Waals surface area contributed by atoms with Gasteiger partial charge in [0.15, 0.2) is 0 Å². The lowest BCUT2D eigenvalue weighted by Gasteiger charge is -2.28. The second kappa shape index (κ2) is 7.34. The molecule has 0 atom stereocenters. The van der Waals surface area contributed by atoms with Gasteiger partial charge in [-0.05, 0) is 42.9 Å². The van der Waals surface area contributed by atoms with Crippen LogP contribution in [0.4, 0.5) is 11.4 Å². The van der Waals surface area contributed by atoms with E-state index in [2.05, 4.69) is 17.6 Å². The SMILES string of the molecule is CCC1CCC(CNc2cc(C(=O)NC)ccc2N)CC1. The quantitative estimate of drug-likeness (QED) is 0.729. The van der Waals surface area contributed by atoms with Crippen LogP contribution in [0.15, 0.2) is 18.2 Å². The Bertz CT molecular complexity index is 479. The second-order valence-electron chi connectivity index (χ2n) is 6.06. The maximum absolute atomic E-state index is 11.7. The number of carbonyl (C=O) groups is 1. The number of hydrogen-bond donors (Lipinski definition) is 3. The molecule has 0 heterocycles. The van der Waals surface area contributed by atoms with Crippen LogP contribution in [0.3, 0.4) is 0 Å². The molecule has 1 aliphatic carbocycles. The summed E-state index contributed by atoms with van der Waals surface area (Å²) in [6, 6.07) is 5.39. The number of nitrogens with one attached hydrogen (secondary N) is 2. The first kappa shape index (κ1) is 15.7. The molecule has 0 spiro atoms. The molecule has 2 rings (SSSR count). The van der Waals surface area contributed by atoms with Crippen LogP contribution < -0.4 is 16.4 Å². The first-order valence-corrected chi connectivity index (χ1v) is 7.99. The molecule has 4 heteroatoms. The number of amides is 1. The summed E-state index contributed by atoms with van der Waals surface area (Å²) in [5, 5.41) is 6.07. The minimum absolute atomic E-state index is 0.0819. The fraction of sp³-hybridized carbons (Fsp3) is 0.588. The van der Waals surface area contributed by atoms with E-state index in [4.69, 9.17) is 5.73 Å².